The lowest BCUT2D eigenvalue weighted by atomic mass is 9.98. The fourth-order valence-corrected chi connectivity index (χ4v) is 4.34. The first-order chi connectivity index (χ1) is 19.6. The first-order valence-electron chi connectivity index (χ1n) is 13.2. The number of hydrogen-bond donors (Lipinski definition) is 1. The molecule has 0 atom stereocenters. The van der Waals surface area contributed by atoms with Crippen molar-refractivity contribution in [2.24, 2.45) is 0 Å². The zero-order valence-corrected chi connectivity index (χ0v) is 23.8. The number of methoxy groups -OCH3 is 1. The maximum Gasteiger partial charge on any atom is 0.360 e. The number of ether oxygens (including phenoxy) is 3. The lowest BCUT2D eigenvalue weighted by Gasteiger charge is -2.12. The van der Waals surface area contributed by atoms with Gasteiger partial charge in [-0.1, -0.05) is 35.9 Å². The summed E-state index contributed by atoms with van der Waals surface area (Å²) in [6.45, 7) is 7.34. The standard InChI is InChI=1S/C33H33NO7/c1-20(2)6-9-25-17-27(12-15-30(25)40-22(4)35)32(36)34-29-18-26-11-10-24(21(3)31(26)41-33(29)37)16-23-7-13-28(14-8-23)39-19-38-5/h6-8,10-15,17-18H,9,16,19H2,1-5H3,(H,34,36). The van der Waals surface area contributed by atoms with Crippen LogP contribution in [-0.2, 0) is 22.4 Å². The van der Waals surface area contributed by atoms with Crippen molar-refractivity contribution in [3.8, 4) is 11.5 Å². The molecule has 0 saturated carbocycles. The maximum atomic E-state index is 13.1. The Bertz CT molecular complexity index is 1660. The van der Waals surface area contributed by atoms with Gasteiger partial charge in [-0.05, 0) is 92.3 Å². The first kappa shape index (κ1) is 29.3. The van der Waals surface area contributed by atoms with Gasteiger partial charge in [0.15, 0.2) is 6.79 Å². The number of aryl methyl sites for hydroxylation is 1. The van der Waals surface area contributed by atoms with Crippen molar-refractivity contribution in [1.29, 1.82) is 0 Å². The van der Waals surface area contributed by atoms with E-state index in [0.717, 1.165) is 28.0 Å². The van der Waals surface area contributed by atoms with Gasteiger partial charge in [-0.3, -0.25) is 9.59 Å². The third-order valence-electron chi connectivity index (χ3n) is 6.48. The molecule has 0 bridgehead atoms. The summed E-state index contributed by atoms with van der Waals surface area (Å²) in [7, 11) is 1.57. The normalized spacial score (nSPS) is 10.8. The molecule has 4 aromatic rings. The molecule has 0 fully saturated rings. The third-order valence-corrected chi connectivity index (χ3v) is 6.48. The average Bonchev–Trinajstić information content (AvgIpc) is 2.94. The SMILES string of the molecule is COCOc1ccc(Cc2ccc3cc(NC(=O)c4ccc(OC(C)=O)c(CC=C(C)C)c4)c(=O)oc3c2C)cc1. The Balaban J connectivity index is 1.56. The van der Waals surface area contributed by atoms with Crippen LogP contribution < -0.4 is 20.4 Å². The van der Waals surface area contributed by atoms with Crippen LogP contribution in [0.2, 0.25) is 0 Å². The van der Waals surface area contributed by atoms with Crippen molar-refractivity contribution in [3.63, 3.8) is 0 Å². The first-order valence-corrected chi connectivity index (χ1v) is 13.2. The van der Waals surface area contributed by atoms with Crippen LogP contribution in [-0.4, -0.2) is 25.8 Å². The number of anilines is 1. The van der Waals surface area contributed by atoms with E-state index in [9.17, 15) is 14.4 Å². The van der Waals surface area contributed by atoms with Gasteiger partial charge in [0.2, 0.25) is 0 Å². The number of amides is 1. The van der Waals surface area contributed by atoms with Crippen molar-refractivity contribution in [3.05, 3.63) is 111 Å². The van der Waals surface area contributed by atoms with Crippen molar-refractivity contribution in [1.82, 2.24) is 0 Å². The van der Waals surface area contributed by atoms with Crippen LogP contribution in [0.25, 0.3) is 11.0 Å². The number of carbonyl (C=O) groups excluding carboxylic acids is 2. The third kappa shape index (κ3) is 7.49. The molecule has 212 valence electrons. The van der Waals surface area contributed by atoms with Crippen LogP contribution in [0.3, 0.4) is 0 Å². The molecule has 1 N–H and O–H groups in total. The summed E-state index contributed by atoms with van der Waals surface area (Å²) in [4.78, 5) is 37.5. The predicted octanol–water partition coefficient (Wildman–Crippen LogP) is 6.36. The average molecular weight is 556 g/mol. The van der Waals surface area contributed by atoms with Crippen LogP contribution in [0, 0.1) is 6.92 Å². The van der Waals surface area contributed by atoms with E-state index in [0.29, 0.717) is 40.7 Å². The molecular weight excluding hydrogens is 522 g/mol. The highest BCUT2D eigenvalue weighted by molar-refractivity contribution is 6.05. The van der Waals surface area contributed by atoms with Gasteiger partial charge in [0.25, 0.3) is 5.91 Å². The molecule has 1 heterocycles. The minimum Gasteiger partial charge on any atom is -0.468 e. The lowest BCUT2D eigenvalue weighted by Crippen LogP contribution is -2.18. The quantitative estimate of drug-likeness (QED) is 0.0798. The summed E-state index contributed by atoms with van der Waals surface area (Å²) in [5.74, 6) is 0.184. The Morgan fingerprint density at radius 2 is 1.71 bits per heavy atom. The van der Waals surface area contributed by atoms with E-state index in [4.69, 9.17) is 18.6 Å². The molecular formula is C33H33NO7. The number of nitrogens with one attached hydrogen (secondary N) is 1. The number of allylic oxidation sites excluding steroid dienone is 2. The van der Waals surface area contributed by atoms with Crippen molar-refractivity contribution < 1.29 is 28.2 Å². The highest BCUT2D eigenvalue weighted by atomic mass is 16.7. The fourth-order valence-electron chi connectivity index (χ4n) is 4.34. The Morgan fingerprint density at radius 1 is 0.951 bits per heavy atom. The molecule has 8 nitrogen and oxygen atoms in total. The topological polar surface area (TPSA) is 104 Å². The van der Waals surface area contributed by atoms with Crippen molar-refractivity contribution in [2.75, 3.05) is 19.2 Å². The van der Waals surface area contributed by atoms with E-state index in [-0.39, 0.29) is 12.5 Å². The van der Waals surface area contributed by atoms with Gasteiger partial charge in [-0.15, -0.1) is 0 Å². The summed E-state index contributed by atoms with van der Waals surface area (Å²) in [6.07, 6.45) is 3.11. The van der Waals surface area contributed by atoms with E-state index in [2.05, 4.69) is 5.32 Å². The van der Waals surface area contributed by atoms with Gasteiger partial charge < -0.3 is 23.9 Å². The van der Waals surface area contributed by atoms with E-state index < -0.39 is 17.5 Å². The zero-order valence-electron chi connectivity index (χ0n) is 23.8. The van der Waals surface area contributed by atoms with Gasteiger partial charge in [-0.2, -0.15) is 0 Å². The minimum absolute atomic E-state index is 0.0382. The molecule has 4 rings (SSSR count). The summed E-state index contributed by atoms with van der Waals surface area (Å²) < 4.78 is 21.4. The monoisotopic (exact) mass is 555 g/mol. The largest absolute Gasteiger partial charge is 0.468 e. The molecule has 0 aliphatic carbocycles. The molecule has 8 heteroatoms. The van der Waals surface area contributed by atoms with E-state index in [1.165, 1.54) is 6.92 Å². The van der Waals surface area contributed by atoms with Gasteiger partial charge in [-0.25, -0.2) is 4.79 Å². The number of carbonyl (C=O) groups is 2. The number of fused-ring (bicyclic) bond motifs is 1. The number of hydrogen-bond acceptors (Lipinski definition) is 7. The van der Waals surface area contributed by atoms with Crippen LogP contribution in [0.4, 0.5) is 5.69 Å². The smallest absolute Gasteiger partial charge is 0.360 e. The molecule has 0 saturated heterocycles. The Morgan fingerprint density at radius 3 is 2.39 bits per heavy atom. The molecule has 0 aliphatic rings. The Kier molecular flexibility index (Phi) is 9.37. The van der Waals surface area contributed by atoms with Crippen LogP contribution in [0.1, 0.15) is 53.4 Å². The number of esters is 1. The second-order valence-electron chi connectivity index (χ2n) is 9.94. The number of rotatable bonds is 10. The van der Waals surface area contributed by atoms with E-state index in [1.54, 1.807) is 31.4 Å². The van der Waals surface area contributed by atoms with E-state index in [1.807, 2.05) is 63.2 Å². The fraction of sp³-hybridized carbons (Fsp3) is 0.242. The second kappa shape index (κ2) is 13.1. The molecule has 0 aliphatic heterocycles. The predicted molar refractivity (Wildman–Crippen MR) is 158 cm³/mol. The van der Waals surface area contributed by atoms with Gasteiger partial charge in [0, 0.05) is 25.0 Å². The molecule has 3 aromatic carbocycles. The molecule has 0 unspecified atom stereocenters. The Labute approximate surface area is 238 Å². The molecule has 0 radical (unpaired) electrons. The van der Waals surface area contributed by atoms with E-state index >= 15 is 0 Å². The summed E-state index contributed by atoms with van der Waals surface area (Å²) in [5, 5.41) is 3.37. The van der Waals surface area contributed by atoms with Crippen molar-refractivity contribution >= 4 is 28.5 Å². The molecule has 41 heavy (non-hydrogen) atoms. The number of benzene rings is 3. The van der Waals surface area contributed by atoms with Crippen LogP contribution in [0.5, 0.6) is 11.5 Å². The minimum atomic E-state index is -0.646. The maximum absolute atomic E-state index is 13.1. The summed E-state index contributed by atoms with van der Waals surface area (Å²) in [6, 6.07) is 18.0. The Hall–Kier alpha value is -4.69. The van der Waals surface area contributed by atoms with Crippen LogP contribution in [0.15, 0.2) is 81.5 Å². The summed E-state index contributed by atoms with van der Waals surface area (Å²) in [5.41, 5.74) is 4.89. The molecule has 0 spiro atoms. The van der Waals surface area contributed by atoms with Crippen LogP contribution >= 0.6 is 0 Å². The lowest BCUT2D eigenvalue weighted by molar-refractivity contribution is -0.131. The zero-order chi connectivity index (χ0) is 29.5. The summed E-state index contributed by atoms with van der Waals surface area (Å²) >= 11 is 0. The van der Waals surface area contributed by atoms with Gasteiger partial charge in [0.05, 0.1) is 0 Å². The second-order valence-corrected chi connectivity index (χ2v) is 9.94. The molecule has 1 amide bonds. The highest BCUT2D eigenvalue weighted by Gasteiger charge is 2.16. The molecule has 1 aromatic heterocycles. The highest BCUT2D eigenvalue weighted by Crippen LogP contribution is 2.26. The van der Waals surface area contributed by atoms with Gasteiger partial charge >= 0.3 is 11.6 Å². The van der Waals surface area contributed by atoms with Crippen molar-refractivity contribution in [2.45, 2.75) is 40.5 Å². The van der Waals surface area contributed by atoms with Gasteiger partial charge in [0.1, 0.15) is 22.8 Å².